The summed E-state index contributed by atoms with van der Waals surface area (Å²) in [5.41, 5.74) is -0.430. The van der Waals surface area contributed by atoms with Crippen molar-refractivity contribution in [1.29, 1.82) is 0 Å². The molecule has 1 heterocycles. The lowest BCUT2D eigenvalue weighted by Crippen LogP contribution is -2.47. The third-order valence-corrected chi connectivity index (χ3v) is 5.16. The van der Waals surface area contributed by atoms with Crippen LogP contribution in [-0.2, 0) is 19.3 Å². The molecular weight excluding hydrogens is 282 g/mol. The maximum Gasteiger partial charge on any atom is 0.152 e. The highest BCUT2D eigenvalue weighted by Crippen LogP contribution is 2.22. The van der Waals surface area contributed by atoms with Crippen LogP contribution < -0.4 is 5.32 Å². The molecule has 0 spiro atoms. The standard InChI is InChI=1S/C13H27NO5S/c1-11(2)19-6-5-18-9-12(15)8-14-13(3)4-7-20(16,17)10-13/h11-12,14-15H,4-10H2,1-3H3. The van der Waals surface area contributed by atoms with Crippen LogP contribution in [0, 0.1) is 0 Å². The molecule has 0 aromatic heterocycles. The number of rotatable bonds is 9. The molecule has 0 saturated carbocycles. The Kier molecular flexibility index (Phi) is 6.87. The summed E-state index contributed by atoms with van der Waals surface area (Å²) < 4.78 is 33.5. The van der Waals surface area contributed by atoms with Crippen LogP contribution in [0.2, 0.25) is 0 Å². The normalized spacial score (nSPS) is 27.1. The van der Waals surface area contributed by atoms with E-state index < -0.39 is 21.5 Å². The molecular formula is C13H27NO5S. The van der Waals surface area contributed by atoms with E-state index in [0.717, 1.165) is 0 Å². The number of aliphatic hydroxyl groups is 1. The number of sulfone groups is 1. The van der Waals surface area contributed by atoms with E-state index in [1.807, 2.05) is 20.8 Å². The highest BCUT2D eigenvalue weighted by atomic mass is 32.2. The molecule has 20 heavy (non-hydrogen) atoms. The fourth-order valence-corrected chi connectivity index (χ4v) is 4.26. The fraction of sp³-hybridized carbons (Fsp3) is 1.00. The zero-order valence-electron chi connectivity index (χ0n) is 12.6. The van der Waals surface area contributed by atoms with Crippen molar-refractivity contribution in [2.24, 2.45) is 0 Å². The van der Waals surface area contributed by atoms with E-state index >= 15 is 0 Å². The van der Waals surface area contributed by atoms with Gasteiger partial charge in [-0.05, 0) is 27.2 Å². The van der Waals surface area contributed by atoms with Gasteiger partial charge in [-0.25, -0.2) is 8.42 Å². The summed E-state index contributed by atoms with van der Waals surface area (Å²) in [6.45, 7) is 7.29. The van der Waals surface area contributed by atoms with Crippen LogP contribution in [-0.4, -0.2) is 69.1 Å². The van der Waals surface area contributed by atoms with E-state index in [0.29, 0.717) is 26.2 Å². The lowest BCUT2D eigenvalue weighted by Gasteiger charge is -2.25. The molecule has 0 amide bonds. The lowest BCUT2D eigenvalue weighted by molar-refractivity contribution is -0.0112. The second-order valence-corrected chi connectivity index (χ2v) is 8.12. The Morgan fingerprint density at radius 1 is 1.35 bits per heavy atom. The Morgan fingerprint density at radius 3 is 2.60 bits per heavy atom. The molecule has 120 valence electrons. The monoisotopic (exact) mass is 309 g/mol. The van der Waals surface area contributed by atoms with Crippen molar-refractivity contribution in [2.75, 3.05) is 37.9 Å². The van der Waals surface area contributed by atoms with Crippen molar-refractivity contribution in [1.82, 2.24) is 5.32 Å². The number of β-amino-alcohol motifs (C(OH)–C–C–N with tert-alkyl or cyclic N) is 1. The Hall–Kier alpha value is -0.210. The van der Waals surface area contributed by atoms with Gasteiger partial charge >= 0.3 is 0 Å². The number of ether oxygens (including phenoxy) is 2. The van der Waals surface area contributed by atoms with Gasteiger partial charge in [0.15, 0.2) is 9.84 Å². The first-order valence-electron chi connectivity index (χ1n) is 7.05. The zero-order chi connectivity index (χ0) is 15.2. The molecule has 2 unspecified atom stereocenters. The molecule has 0 aliphatic carbocycles. The summed E-state index contributed by atoms with van der Waals surface area (Å²) >= 11 is 0. The van der Waals surface area contributed by atoms with Gasteiger partial charge in [-0.1, -0.05) is 0 Å². The Balaban J connectivity index is 2.12. The van der Waals surface area contributed by atoms with Crippen molar-refractivity contribution in [3.05, 3.63) is 0 Å². The van der Waals surface area contributed by atoms with Gasteiger partial charge in [0.2, 0.25) is 0 Å². The van der Waals surface area contributed by atoms with Gasteiger partial charge in [-0.15, -0.1) is 0 Å². The van der Waals surface area contributed by atoms with Gasteiger partial charge in [0, 0.05) is 12.1 Å². The molecule has 2 atom stereocenters. The molecule has 0 aromatic carbocycles. The number of nitrogens with one attached hydrogen (secondary N) is 1. The third kappa shape index (κ3) is 6.99. The summed E-state index contributed by atoms with van der Waals surface area (Å²) in [6.07, 6.45) is 0.120. The van der Waals surface area contributed by atoms with Crippen LogP contribution in [0.25, 0.3) is 0 Å². The van der Waals surface area contributed by atoms with Crippen molar-refractivity contribution in [3.63, 3.8) is 0 Å². The minimum atomic E-state index is -2.93. The summed E-state index contributed by atoms with van der Waals surface area (Å²) in [6, 6.07) is 0. The third-order valence-electron chi connectivity index (χ3n) is 3.26. The molecule has 1 saturated heterocycles. The highest BCUT2D eigenvalue weighted by molar-refractivity contribution is 7.91. The van der Waals surface area contributed by atoms with Crippen LogP contribution in [0.1, 0.15) is 27.2 Å². The summed E-state index contributed by atoms with van der Waals surface area (Å²) in [4.78, 5) is 0. The second kappa shape index (κ2) is 7.70. The van der Waals surface area contributed by atoms with Crippen LogP contribution >= 0.6 is 0 Å². The van der Waals surface area contributed by atoms with Gasteiger partial charge in [0.05, 0.1) is 43.5 Å². The Morgan fingerprint density at radius 2 is 2.05 bits per heavy atom. The molecule has 6 nitrogen and oxygen atoms in total. The average molecular weight is 309 g/mol. The van der Waals surface area contributed by atoms with Crippen molar-refractivity contribution >= 4 is 9.84 Å². The lowest BCUT2D eigenvalue weighted by atomic mass is 10.0. The highest BCUT2D eigenvalue weighted by Gasteiger charge is 2.38. The maximum absolute atomic E-state index is 11.4. The molecule has 1 rings (SSSR count). The van der Waals surface area contributed by atoms with E-state index in [1.165, 1.54) is 0 Å². The Bertz CT molecular complexity index is 384. The summed E-state index contributed by atoms with van der Waals surface area (Å²) in [7, 11) is -2.93. The van der Waals surface area contributed by atoms with Crippen LogP contribution in [0.15, 0.2) is 0 Å². The molecule has 1 aliphatic rings. The number of hydrogen-bond donors (Lipinski definition) is 2. The van der Waals surface area contributed by atoms with Crippen LogP contribution in [0.5, 0.6) is 0 Å². The van der Waals surface area contributed by atoms with Gasteiger partial charge < -0.3 is 19.9 Å². The molecule has 7 heteroatoms. The first kappa shape index (κ1) is 17.8. The van der Waals surface area contributed by atoms with E-state index in [1.54, 1.807) is 0 Å². The first-order chi connectivity index (χ1) is 9.22. The molecule has 0 radical (unpaired) electrons. The minimum absolute atomic E-state index is 0.135. The predicted octanol–water partition coefficient (Wildman–Crippen LogP) is -0.0443. The van der Waals surface area contributed by atoms with E-state index in [-0.39, 0.29) is 24.2 Å². The molecule has 1 aliphatic heterocycles. The number of aliphatic hydroxyl groups excluding tert-OH is 1. The van der Waals surface area contributed by atoms with Crippen molar-refractivity contribution in [2.45, 2.75) is 44.9 Å². The van der Waals surface area contributed by atoms with Crippen LogP contribution in [0.3, 0.4) is 0 Å². The van der Waals surface area contributed by atoms with Gasteiger partial charge in [0.1, 0.15) is 0 Å². The van der Waals surface area contributed by atoms with Gasteiger partial charge in [-0.3, -0.25) is 0 Å². The SMILES string of the molecule is CC(C)OCCOCC(O)CNC1(C)CCS(=O)(=O)C1. The molecule has 2 N–H and O–H groups in total. The molecule has 0 bridgehead atoms. The number of hydrogen-bond acceptors (Lipinski definition) is 6. The van der Waals surface area contributed by atoms with Crippen LogP contribution in [0.4, 0.5) is 0 Å². The second-order valence-electron chi connectivity index (χ2n) is 5.93. The molecule has 1 fully saturated rings. The van der Waals surface area contributed by atoms with E-state index in [2.05, 4.69) is 5.32 Å². The van der Waals surface area contributed by atoms with Gasteiger partial charge in [0.25, 0.3) is 0 Å². The van der Waals surface area contributed by atoms with Crippen molar-refractivity contribution in [3.8, 4) is 0 Å². The smallest absolute Gasteiger partial charge is 0.152 e. The maximum atomic E-state index is 11.4. The summed E-state index contributed by atoms with van der Waals surface area (Å²) in [5.74, 6) is 0.353. The zero-order valence-corrected chi connectivity index (χ0v) is 13.4. The Labute approximate surface area is 121 Å². The summed E-state index contributed by atoms with van der Waals surface area (Å²) in [5, 5.41) is 12.9. The largest absolute Gasteiger partial charge is 0.389 e. The van der Waals surface area contributed by atoms with Crippen molar-refractivity contribution < 1.29 is 23.0 Å². The molecule has 0 aromatic rings. The first-order valence-corrected chi connectivity index (χ1v) is 8.87. The fourth-order valence-electron chi connectivity index (χ4n) is 2.14. The van der Waals surface area contributed by atoms with Gasteiger partial charge in [-0.2, -0.15) is 0 Å². The van der Waals surface area contributed by atoms with E-state index in [4.69, 9.17) is 9.47 Å². The average Bonchev–Trinajstić information content (AvgIpc) is 2.61. The quantitative estimate of drug-likeness (QED) is 0.581. The topological polar surface area (TPSA) is 84.9 Å². The minimum Gasteiger partial charge on any atom is -0.389 e. The van der Waals surface area contributed by atoms with E-state index in [9.17, 15) is 13.5 Å². The predicted molar refractivity (Wildman–Crippen MR) is 77.6 cm³/mol.